The normalized spacial score (nSPS) is 17.5. The van der Waals surface area contributed by atoms with Crippen LogP contribution < -0.4 is 10.8 Å². The van der Waals surface area contributed by atoms with Crippen molar-refractivity contribution in [3.8, 4) is 0 Å². The molecule has 4 N–H and O–H groups in total. The molecule has 4 nitrogen and oxygen atoms in total. The smallest absolute Gasteiger partial charge is 0.0732 e. The van der Waals surface area contributed by atoms with Crippen molar-refractivity contribution in [3.63, 3.8) is 0 Å². The van der Waals surface area contributed by atoms with Crippen LogP contribution in [0.15, 0.2) is 42.5 Å². The maximum Gasteiger partial charge on any atom is 0.0732 e. The van der Waals surface area contributed by atoms with Gasteiger partial charge >= 0.3 is 0 Å². The van der Waals surface area contributed by atoms with E-state index in [0.717, 1.165) is 29.1 Å². The molecule has 2 aromatic carbocycles. The number of aromatic nitrogens is 1. The molecule has 4 rings (SSSR count). The lowest BCUT2D eigenvalue weighted by molar-refractivity contribution is 0.389. The third kappa shape index (κ3) is 2.16. The first kappa shape index (κ1) is 13.6. The summed E-state index contributed by atoms with van der Waals surface area (Å²) in [6.45, 7) is 0.928. The molecule has 5 heteroatoms. The van der Waals surface area contributed by atoms with Gasteiger partial charge in [0.1, 0.15) is 0 Å². The summed E-state index contributed by atoms with van der Waals surface area (Å²) in [5, 5.41) is 14.5. The molecule has 0 saturated heterocycles. The zero-order valence-electron chi connectivity index (χ0n) is 11.9. The van der Waals surface area contributed by atoms with E-state index in [1.807, 2.05) is 42.5 Å². The number of rotatable bonds is 2. The summed E-state index contributed by atoms with van der Waals surface area (Å²) in [5.74, 6) is 0. The van der Waals surface area contributed by atoms with E-state index >= 15 is 0 Å². The number of hydrogen-bond donors (Lipinski definition) is 4. The number of anilines is 1. The van der Waals surface area contributed by atoms with Crippen molar-refractivity contribution in [3.05, 3.63) is 64.3 Å². The maximum atomic E-state index is 8.93. The summed E-state index contributed by atoms with van der Waals surface area (Å²) in [6.07, 6.45) is 0.989. The molecule has 0 bridgehead atoms. The van der Waals surface area contributed by atoms with E-state index in [9.17, 15) is 0 Å². The fourth-order valence-electron chi connectivity index (χ4n) is 3.23. The highest BCUT2D eigenvalue weighted by molar-refractivity contribution is 6.31. The Hall–Kier alpha value is -2.01. The van der Waals surface area contributed by atoms with Crippen molar-refractivity contribution in [2.45, 2.75) is 12.5 Å². The summed E-state index contributed by atoms with van der Waals surface area (Å²) in [7, 11) is 0. The Morgan fingerprint density at radius 1 is 1.14 bits per heavy atom. The molecule has 0 radical (unpaired) electrons. The van der Waals surface area contributed by atoms with Gasteiger partial charge in [-0.05, 0) is 47.9 Å². The molecule has 1 aliphatic heterocycles. The van der Waals surface area contributed by atoms with Gasteiger partial charge in [0.15, 0.2) is 0 Å². The average Bonchev–Trinajstić information content (AvgIpc) is 2.93. The minimum absolute atomic E-state index is 0.127. The maximum absolute atomic E-state index is 8.93. The third-order valence-corrected chi connectivity index (χ3v) is 4.52. The van der Waals surface area contributed by atoms with Crippen molar-refractivity contribution < 1.29 is 5.21 Å². The third-order valence-electron chi connectivity index (χ3n) is 4.29. The van der Waals surface area contributed by atoms with Crippen LogP contribution in [-0.2, 0) is 6.42 Å². The van der Waals surface area contributed by atoms with Crippen LogP contribution in [0.2, 0.25) is 5.02 Å². The second kappa shape index (κ2) is 5.32. The number of hydrogen-bond acceptors (Lipinski definition) is 3. The number of benzene rings is 2. The summed E-state index contributed by atoms with van der Waals surface area (Å²) in [4.78, 5) is 3.53. The molecule has 1 aliphatic rings. The Balaban J connectivity index is 1.82. The molecule has 2 heterocycles. The van der Waals surface area contributed by atoms with E-state index in [4.69, 9.17) is 16.8 Å². The van der Waals surface area contributed by atoms with Crippen molar-refractivity contribution in [2.24, 2.45) is 0 Å². The number of nitrogens with one attached hydrogen (secondary N) is 3. The summed E-state index contributed by atoms with van der Waals surface area (Å²) >= 11 is 6.14. The van der Waals surface area contributed by atoms with Gasteiger partial charge in [-0.2, -0.15) is 0 Å². The second-order valence-corrected chi connectivity index (χ2v) is 6.01. The molecule has 112 valence electrons. The summed E-state index contributed by atoms with van der Waals surface area (Å²) in [6, 6.07) is 13.9. The predicted molar refractivity (Wildman–Crippen MR) is 88.7 cm³/mol. The fourth-order valence-corrected chi connectivity index (χ4v) is 3.41. The van der Waals surface area contributed by atoms with Gasteiger partial charge in [-0.15, -0.1) is 0 Å². The van der Waals surface area contributed by atoms with Crippen LogP contribution in [0, 0.1) is 0 Å². The van der Waals surface area contributed by atoms with E-state index in [0.29, 0.717) is 5.69 Å². The largest absolute Gasteiger partial charge is 0.357 e. The van der Waals surface area contributed by atoms with E-state index in [2.05, 4.69) is 15.8 Å². The SMILES string of the molecule is ONc1ccc(C2NCCc3c2[nH]c2ccc(Cl)cc32)cc1. The van der Waals surface area contributed by atoms with E-state index < -0.39 is 0 Å². The monoisotopic (exact) mass is 313 g/mol. The molecule has 1 aromatic heterocycles. The van der Waals surface area contributed by atoms with Crippen molar-refractivity contribution in [1.82, 2.24) is 10.3 Å². The quantitative estimate of drug-likeness (QED) is 0.543. The Kier molecular flexibility index (Phi) is 3.30. The number of halogens is 1. The van der Waals surface area contributed by atoms with Crippen LogP contribution in [-0.4, -0.2) is 16.7 Å². The number of H-pyrrole nitrogens is 1. The lowest BCUT2D eigenvalue weighted by Gasteiger charge is -2.25. The van der Waals surface area contributed by atoms with E-state index in [1.54, 1.807) is 0 Å². The van der Waals surface area contributed by atoms with Gasteiger partial charge in [0.05, 0.1) is 11.7 Å². The molecule has 22 heavy (non-hydrogen) atoms. The Morgan fingerprint density at radius 3 is 2.73 bits per heavy atom. The lowest BCUT2D eigenvalue weighted by atomic mass is 9.94. The standard InChI is InChI=1S/C17H16ClN3O/c18-11-3-6-15-14(9-11)13-7-8-19-16(17(13)20-15)10-1-4-12(21-22)5-2-10/h1-6,9,16,19-22H,7-8H2. The lowest BCUT2D eigenvalue weighted by Crippen LogP contribution is -2.30. The Labute approximate surface area is 133 Å². The second-order valence-electron chi connectivity index (χ2n) is 5.58. The Bertz CT molecular complexity index is 826. The number of fused-ring (bicyclic) bond motifs is 3. The zero-order chi connectivity index (χ0) is 15.1. The molecule has 1 atom stereocenters. The molecule has 0 amide bonds. The van der Waals surface area contributed by atoms with Gasteiger partial charge in [-0.1, -0.05) is 23.7 Å². The van der Waals surface area contributed by atoms with Gasteiger partial charge in [0.2, 0.25) is 0 Å². The molecule has 1 unspecified atom stereocenters. The van der Waals surface area contributed by atoms with Gasteiger partial charge in [-0.25, -0.2) is 0 Å². The molecule has 0 saturated carbocycles. The molecule has 0 spiro atoms. The summed E-state index contributed by atoms with van der Waals surface area (Å²) < 4.78 is 0. The minimum atomic E-state index is 0.127. The highest BCUT2D eigenvalue weighted by Crippen LogP contribution is 2.34. The van der Waals surface area contributed by atoms with Crippen LogP contribution >= 0.6 is 11.6 Å². The minimum Gasteiger partial charge on any atom is -0.357 e. The number of aromatic amines is 1. The van der Waals surface area contributed by atoms with Crippen molar-refractivity contribution in [2.75, 3.05) is 12.0 Å². The fraction of sp³-hybridized carbons (Fsp3) is 0.176. The average molecular weight is 314 g/mol. The van der Waals surface area contributed by atoms with Crippen LogP contribution in [0.3, 0.4) is 0 Å². The topological polar surface area (TPSA) is 60.1 Å². The van der Waals surface area contributed by atoms with E-state index in [1.165, 1.54) is 16.6 Å². The zero-order valence-corrected chi connectivity index (χ0v) is 12.6. The van der Waals surface area contributed by atoms with Crippen LogP contribution in [0.4, 0.5) is 5.69 Å². The van der Waals surface area contributed by atoms with Crippen molar-refractivity contribution >= 4 is 28.2 Å². The van der Waals surface area contributed by atoms with Crippen LogP contribution in [0.5, 0.6) is 0 Å². The van der Waals surface area contributed by atoms with Crippen molar-refractivity contribution in [1.29, 1.82) is 0 Å². The predicted octanol–water partition coefficient (Wildman–Crippen LogP) is 3.86. The molecule has 0 aliphatic carbocycles. The first-order valence-corrected chi connectivity index (χ1v) is 7.67. The molecular weight excluding hydrogens is 298 g/mol. The van der Waals surface area contributed by atoms with Gasteiger partial charge < -0.3 is 10.3 Å². The highest BCUT2D eigenvalue weighted by atomic mass is 35.5. The van der Waals surface area contributed by atoms with Gasteiger partial charge in [0.25, 0.3) is 0 Å². The highest BCUT2D eigenvalue weighted by Gasteiger charge is 2.25. The first-order valence-electron chi connectivity index (χ1n) is 7.30. The van der Waals surface area contributed by atoms with E-state index in [-0.39, 0.29) is 6.04 Å². The summed E-state index contributed by atoms with van der Waals surface area (Å²) in [5.41, 5.74) is 7.67. The molecule has 0 fully saturated rings. The molecule has 3 aromatic rings. The molecular formula is C17H16ClN3O. The van der Waals surface area contributed by atoms with Crippen LogP contribution in [0.1, 0.15) is 22.9 Å². The van der Waals surface area contributed by atoms with Gasteiger partial charge in [-0.3, -0.25) is 10.7 Å². The van der Waals surface area contributed by atoms with Crippen LogP contribution in [0.25, 0.3) is 10.9 Å². The Morgan fingerprint density at radius 2 is 1.95 bits per heavy atom. The van der Waals surface area contributed by atoms with Gasteiger partial charge in [0, 0.05) is 28.2 Å². The first-order chi connectivity index (χ1) is 10.8.